The lowest BCUT2D eigenvalue weighted by atomic mass is 10.1. The minimum absolute atomic E-state index is 0.699. The summed E-state index contributed by atoms with van der Waals surface area (Å²) in [5.41, 5.74) is 2.43. The van der Waals surface area contributed by atoms with Crippen LogP contribution in [-0.2, 0) is 6.42 Å². The predicted molar refractivity (Wildman–Crippen MR) is 79.4 cm³/mol. The molecule has 17 heavy (non-hydrogen) atoms. The van der Waals surface area contributed by atoms with Crippen molar-refractivity contribution >= 4 is 0 Å². The minimum atomic E-state index is 0.699. The van der Waals surface area contributed by atoms with E-state index in [-0.39, 0.29) is 0 Å². The van der Waals surface area contributed by atoms with Gasteiger partial charge in [0.15, 0.2) is 0 Å². The van der Waals surface area contributed by atoms with Gasteiger partial charge in [-0.25, -0.2) is 0 Å². The van der Waals surface area contributed by atoms with E-state index >= 15 is 0 Å². The molecule has 0 N–H and O–H groups in total. The lowest BCUT2D eigenvalue weighted by Crippen LogP contribution is -1.96. The van der Waals surface area contributed by atoms with Crippen molar-refractivity contribution in [2.45, 2.75) is 61.8 Å². The van der Waals surface area contributed by atoms with Crippen molar-refractivity contribution in [3.63, 3.8) is 0 Å². The fourth-order valence-corrected chi connectivity index (χ4v) is 1.04. The molecule has 0 saturated carbocycles. The number of nitrogens with zero attached hydrogens (tertiary/aromatic N) is 1. The van der Waals surface area contributed by atoms with Crippen molar-refractivity contribution in [3.05, 3.63) is 29.6 Å². The van der Waals surface area contributed by atoms with Gasteiger partial charge in [-0.05, 0) is 36.8 Å². The Kier molecular flexibility index (Phi) is 12.7. The van der Waals surface area contributed by atoms with Gasteiger partial charge in [-0.2, -0.15) is 0 Å². The van der Waals surface area contributed by atoms with Crippen LogP contribution < -0.4 is 0 Å². The van der Waals surface area contributed by atoms with E-state index in [1.54, 1.807) is 0 Å². The summed E-state index contributed by atoms with van der Waals surface area (Å²) in [6, 6.07) is 4.22. The molecular formula is C16H31N. The van der Waals surface area contributed by atoms with Crippen LogP contribution in [0, 0.1) is 18.8 Å². The molecule has 1 nitrogen and oxygen atoms in total. The van der Waals surface area contributed by atoms with Crippen molar-refractivity contribution < 1.29 is 0 Å². The topological polar surface area (TPSA) is 12.9 Å². The van der Waals surface area contributed by atoms with Gasteiger partial charge in [0.05, 0.1) is 0 Å². The zero-order valence-electron chi connectivity index (χ0n) is 13.0. The van der Waals surface area contributed by atoms with Gasteiger partial charge in [-0.3, -0.25) is 4.98 Å². The van der Waals surface area contributed by atoms with E-state index in [4.69, 9.17) is 0 Å². The van der Waals surface area contributed by atoms with Crippen LogP contribution in [0.3, 0.4) is 0 Å². The monoisotopic (exact) mass is 237 g/mol. The third-order valence-corrected chi connectivity index (χ3v) is 1.59. The van der Waals surface area contributed by atoms with Gasteiger partial charge in [-0.15, -0.1) is 0 Å². The second-order valence-corrected chi connectivity index (χ2v) is 5.16. The Labute approximate surface area is 109 Å². The smallest absolute Gasteiger partial charge is 0.0406 e. The summed E-state index contributed by atoms with van der Waals surface area (Å²) in [7, 11) is 0. The Balaban J connectivity index is 0. The summed E-state index contributed by atoms with van der Waals surface area (Å²) < 4.78 is 0. The van der Waals surface area contributed by atoms with Gasteiger partial charge in [-0.1, -0.05) is 54.5 Å². The Hall–Kier alpha value is -0.850. The maximum absolute atomic E-state index is 4.32. The molecule has 1 heteroatoms. The summed E-state index contributed by atoms with van der Waals surface area (Å²) in [5, 5.41) is 0. The van der Waals surface area contributed by atoms with Crippen LogP contribution in [0.15, 0.2) is 18.3 Å². The molecule has 0 fully saturated rings. The van der Waals surface area contributed by atoms with Crippen LogP contribution in [0.1, 0.15) is 59.7 Å². The predicted octanol–water partition coefficient (Wildman–Crippen LogP) is 5.28. The molecule has 0 aliphatic heterocycles. The fraction of sp³-hybridized carbons (Fsp3) is 0.688. The highest BCUT2D eigenvalue weighted by molar-refractivity contribution is 5.12. The average Bonchev–Trinajstić information content (AvgIpc) is 2.23. The molecule has 0 bridgehead atoms. The number of aryl methyl sites for hydroxylation is 1. The maximum Gasteiger partial charge on any atom is 0.0406 e. The molecule has 100 valence electrons. The van der Waals surface area contributed by atoms with Crippen LogP contribution in [0.5, 0.6) is 0 Å². The highest BCUT2D eigenvalue weighted by atomic mass is 14.7. The molecule has 0 amide bonds. The third-order valence-electron chi connectivity index (χ3n) is 1.59. The molecule has 0 radical (unpaired) electrons. The summed E-state index contributed by atoms with van der Waals surface area (Å²) in [6.07, 6.45) is 3.01. The number of aromatic nitrogens is 1. The minimum Gasteiger partial charge on any atom is -0.261 e. The number of pyridine rings is 1. The molecular weight excluding hydrogens is 206 g/mol. The van der Waals surface area contributed by atoms with Crippen molar-refractivity contribution in [3.8, 4) is 0 Å². The molecule has 0 saturated heterocycles. The fourth-order valence-electron chi connectivity index (χ4n) is 1.04. The van der Waals surface area contributed by atoms with Crippen LogP contribution in [0.4, 0.5) is 0 Å². The highest BCUT2D eigenvalue weighted by Gasteiger charge is 1.97. The molecule has 0 unspecified atom stereocenters. The van der Waals surface area contributed by atoms with Crippen LogP contribution in [0.2, 0.25) is 0 Å². The van der Waals surface area contributed by atoms with Crippen LogP contribution >= 0.6 is 0 Å². The molecule has 0 aliphatic carbocycles. The maximum atomic E-state index is 4.32. The van der Waals surface area contributed by atoms with Gasteiger partial charge in [0.2, 0.25) is 0 Å². The first-order valence-electron chi connectivity index (χ1n) is 6.83. The lowest BCUT2D eigenvalue weighted by Gasteiger charge is -2.02. The SMILES string of the molecule is CC.CC(C)C.Cc1ccc(CC(C)C)nc1. The molecule has 0 aliphatic rings. The number of hydrogen-bond donors (Lipinski definition) is 0. The zero-order chi connectivity index (χ0) is 13.8. The standard InChI is InChI=1S/C10H15N.C4H10.C2H6/c1-8(2)6-10-5-4-9(3)7-11-10;1-4(2)3;1-2/h4-5,7-8H,6H2,1-3H3;4H,1-3H3;1-2H3. The molecule has 1 aromatic rings. The van der Waals surface area contributed by atoms with Crippen molar-refractivity contribution in [1.29, 1.82) is 0 Å². The van der Waals surface area contributed by atoms with Crippen molar-refractivity contribution in [1.82, 2.24) is 4.98 Å². The van der Waals surface area contributed by atoms with E-state index in [9.17, 15) is 0 Å². The first-order valence-corrected chi connectivity index (χ1v) is 6.83. The molecule has 0 spiro atoms. The van der Waals surface area contributed by atoms with E-state index in [0.717, 1.165) is 12.3 Å². The van der Waals surface area contributed by atoms with Gasteiger partial charge in [0, 0.05) is 11.9 Å². The van der Waals surface area contributed by atoms with Crippen molar-refractivity contribution in [2.75, 3.05) is 0 Å². The van der Waals surface area contributed by atoms with Gasteiger partial charge < -0.3 is 0 Å². The van der Waals surface area contributed by atoms with Crippen LogP contribution in [-0.4, -0.2) is 4.98 Å². The molecule has 0 atom stereocenters. The Morgan fingerprint density at radius 1 is 1.00 bits per heavy atom. The lowest BCUT2D eigenvalue weighted by molar-refractivity contribution is 0.635. The first kappa shape index (κ1) is 18.5. The van der Waals surface area contributed by atoms with E-state index < -0.39 is 0 Å². The summed E-state index contributed by atoms with van der Waals surface area (Å²) in [4.78, 5) is 4.32. The molecule has 0 aromatic carbocycles. The average molecular weight is 237 g/mol. The zero-order valence-corrected chi connectivity index (χ0v) is 13.0. The van der Waals surface area contributed by atoms with E-state index in [1.165, 1.54) is 11.3 Å². The number of hydrogen-bond acceptors (Lipinski definition) is 1. The molecule has 1 aromatic heterocycles. The largest absolute Gasteiger partial charge is 0.261 e. The Bertz CT molecular complexity index is 244. The number of rotatable bonds is 2. The highest BCUT2D eigenvalue weighted by Crippen LogP contribution is 2.05. The van der Waals surface area contributed by atoms with E-state index in [1.807, 2.05) is 20.0 Å². The van der Waals surface area contributed by atoms with Gasteiger partial charge in [0.1, 0.15) is 0 Å². The Morgan fingerprint density at radius 3 is 1.76 bits per heavy atom. The second kappa shape index (κ2) is 11.6. The van der Waals surface area contributed by atoms with Gasteiger partial charge >= 0.3 is 0 Å². The summed E-state index contributed by atoms with van der Waals surface area (Å²) in [6.45, 7) is 17.0. The normalized spacial score (nSPS) is 9.29. The van der Waals surface area contributed by atoms with Gasteiger partial charge in [0.25, 0.3) is 0 Å². The Morgan fingerprint density at radius 2 is 1.47 bits per heavy atom. The second-order valence-electron chi connectivity index (χ2n) is 5.16. The summed E-state index contributed by atoms with van der Waals surface area (Å²) >= 11 is 0. The molecule has 1 rings (SSSR count). The van der Waals surface area contributed by atoms with Crippen LogP contribution in [0.25, 0.3) is 0 Å². The third kappa shape index (κ3) is 15.1. The summed E-state index contributed by atoms with van der Waals surface area (Å²) in [5.74, 6) is 1.53. The quantitative estimate of drug-likeness (QED) is 0.682. The van der Waals surface area contributed by atoms with E-state index in [0.29, 0.717) is 5.92 Å². The van der Waals surface area contributed by atoms with E-state index in [2.05, 4.69) is 58.7 Å². The first-order chi connectivity index (χ1) is 7.91. The van der Waals surface area contributed by atoms with Crippen molar-refractivity contribution in [2.24, 2.45) is 11.8 Å². The molecule has 1 heterocycles.